The van der Waals surface area contributed by atoms with E-state index in [9.17, 15) is 9.59 Å². The maximum atomic E-state index is 11.9. The van der Waals surface area contributed by atoms with Crippen molar-refractivity contribution in [3.63, 3.8) is 0 Å². The number of hydrogen-bond acceptors (Lipinski definition) is 3. The summed E-state index contributed by atoms with van der Waals surface area (Å²) in [7, 11) is 0. The summed E-state index contributed by atoms with van der Waals surface area (Å²) >= 11 is 1.59. The molecule has 0 saturated heterocycles. The molecule has 0 radical (unpaired) electrons. The Morgan fingerprint density at radius 1 is 1.33 bits per heavy atom. The second-order valence-electron chi connectivity index (χ2n) is 5.73. The Kier molecular flexibility index (Phi) is 7.22. The number of carbonyl (C=O) groups excluding carboxylic acids is 1. The van der Waals surface area contributed by atoms with Crippen LogP contribution in [0.1, 0.15) is 45.2 Å². The minimum absolute atomic E-state index is 0.0373. The van der Waals surface area contributed by atoms with Crippen molar-refractivity contribution >= 4 is 23.3 Å². The van der Waals surface area contributed by atoms with E-state index in [1.807, 2.05) is 37.6 Å². The number of hydrogen-bond donors (Lipinski definition) is 3. The van der Waals surface area contributed by atoms with Gasteiger partial charge in [0.05, 0.1) is 6.04 Å². The molecule has 2 atom stereocenters. The van der Waals surface area contributed by atoms with E-state index in [0.717, 1.165) is 12.0 Å². The van der Waals surface area contributed by atoms with Gasteiger partial charge in [-0.15, -0.1) is 0 Å². The molecule has 6 heteroatoms. The van der Waals surface area contributed by atoms with Crippen molar-refractivity contribution in [1.29, 1.82) is 0 Å². The molecule has 1 rings (SSSR count). The molecule has 1 aromatic rings. The molecule has 1 unspecified atom stereocenters. The third-order valence-corrected chi connectivity index (χ3v) is 3.91. The number of thiophene rings is 1. The monoisotopic (exact) mass is 312 g/mol. The van der Waals surface area contributed by atoms with Crippen LogP contribution in [0.25, 0.3) is 0 Å². The van der Waals surface area contributed by atoms with Gasteiger partial charge in [-0.1, -0.05) is 13.8 Å². The Labute approximate surface area is 129 Å². The second kappa shape index (κ2) is 8.67. The van der Waals surface area contributed by atoms with Gasteiger partial charge in [-0.2, -0.15) is 11.3 Å². The number of nitrogens with one attached hydrogen (secondary N) is 2. The van der Waals surface area contributed by atoms with E-state index in [1.165, 1.54) is 0 Å². The summed E-state index contributed by atoms with van der Waals surface area (Å²) in [5.41, 5.74) is 1.07. The summed E-state index contributed by atoms with van der Waals surface area (Å²) in [6.45, 7) is 6.40. The lowest BCUT2D eigenvalue weighted by molar-refractivity contribution is -0.138. The first-order valence-corrected chi connectivity index (χ1v) is 8.11. The summed E-state index contributed by atoms with van der Waals surface area (Å²) in [4.78, 5) is 22.7. The number of aliphatic carboxylic acids is 1. The van der Waals surface area contributed by atoms with Gasteiger partial charge in [0.25, 0.3) is 0 Å². The fourth-order valence-corrected chi connectivity index (χ4v) is 3.00. The summed E-state index contributed by atoms with van der Waals surface area (Å²) in [6.07, 6.45) is 0.866. The molecule has 0 aliphatic carbocycles. The Bertz CT molecular complexity index is 446. The molecule has 5 nitrogen and oxygen atoms in total. The second-order valence-corrected chi connectivity index (χ2v) is 6.51. The molecule has 0 aliphatic heterocycles. The van der Waals surface area contributed by atoms with Crippen LogP contribution in [0, 0.1) is 11.8 Å². The summed E-state index contributed by atoms with van der Waals surface area (Å²) in [5, 5.41) is 18.5. The lowest BCUT2D eigenvalue weighted by atomic mass is 9.94. The Morgan fingerprint density at radius 2 is 2.05 bits per heavy atom. The predicted molar refractivity (Wildman–Crippen MR) is 84.5 cm³/mol. The predicted octanol–water partition coefficient (Wildman–Crippen LogP) is 3.25. The Hall–Kier alpha value is -1.56. The zero-order chi connectivity index (χ0) is 15.8. The van der Waals surface area contributed by atoms with Gasteiger partial charge in [0.15, 0.2) is 0 Å². The molecule has 0 bridgehead atoms. The average Bonchev–Trinajstić information content (AvgIpc) is 2.88. The van der Waals surface area contributed by atoms with Gasteiger partial charge in [0.1, 0.15) is 0 Å². The molecular weight excluding hydrogens is 288 g/mol. The number of rotatable bonds is 8. The largest absolute Gasteiger partial charge is 0.481 e. The van der Waals surface area contributed by atoms with Crippen LogP contribution in [-0.4, -0.2) is 23.7 Å². The minimum Gasteiger partial charge on any atom is -0.481 e. The molecule has 21 heavy (non-hydrogen) atoms. The minimum atomic E-state index is -0.825. The summed E-state index contributed by atoms with van der Waals surface area (Å²) in [5.74, 6) is -0.455. The van der Waals surface area contributed by atoms with Crippen molar-refractivity contribution in [2.45, 2.75) is 39.7 Å². The van der Waals surface area contributed by atoms with Crippen LogP contribution >= 0.6 is 11.3 Å². The fraction of sp³-hybridized carbons (Fsp3) is 0.600. The molecule has 3 N–H and O–H groups in total. The van der Waals surface area contributed by atoms with Crippen molar-refractivity contribution < 1.29 is 14.7 Å². The quantitative estimate of drug-likeness (QED) is 0.689. The van der Waals surface area contributed by atoms with Gasteiger partial charge in [-0.05, 0) is 47.6 Å². The van der Waals surface area contributed by atoms with E-state index in [2.05, 4.69) is 10.6 Å². The molecule has 0 aliphatic rings. The van der Waals surface area contributed by atoms with E-state index in [-0.39, 0.29) is 24.4 Å². The van der Waals surface area contributed by atoms with Crippen molar-refractivity contribution in [2.75, 3.05) is 6.54 Å². The van der Waals surface area contributed by atoms with Crippen molar-refractivity contribution in [3.8, 4) is 0 Å². The number of amides is 2. The van der Waals surface area contributed by atoms with Crippen LogP contribution in [0.15, 0.2) is 16.8 Å². The first-order valence-electron chi connectivity index (χ1n) is 7.16. The van der Waals surface area contributed by atoms with Gasteiger partial charge in [0.2, 0.25) is 0 Å². The maximum Gasteiger partial charge on any atom is 0.315 e. The topological polar surface area (TPSA) is 78.4 Å². The van der Waals surface area contributed by atoms with Crippen LogP contribution in [0.5, 0.6) is 0 Å². The van der Waals surface area contributed by atoms with Gasteiger partial charge < -0.3 is 15.7 Å². The first-order chi connectivity index (χ1) is 9.88. The molecule has 1 aromatic heterocycles. The standard InChI is InChI=1S/C15H24N2O3S/c1-10(2)6-12(7-14(18)19)8-16-15(20)17-11(3)13-4-5-21-9-13/h4-5,9-12H,6-8H2,1-3H3,(H,18,19)(H2,16,17,20)/t11?,12-/m0/s1. The molecular formula is C15H24N2O3S. The molecule has 0 saturated carbocycles. The van der Waals surface area contributed by atoms with Crippen molar-refractivity contribution in [2.24, 2.45) is 11.8 Å². The number of urea groups is 1. The van der Waals surface area contributed by atoms with Gasteiger partial charge in [-0.3, -0.25) is 4.79 Å². The Balaban J connectivity index is 2.40. The van der Waals surface area contributed by atoms with Crippen LogP contribution in [0.4, 0.5) is 4.79 Å². The highest BCUT2D eigenvalue weighted by atomic mass is 32.1. The first kappa shape index (κ1) is 17.5. The third kappa shape index (κ3) is 7.13. The lowest BCUT2D eigenvalue weighted by Crippen LogP contribution is -2.40. The van der Waals surface area contributed by atoms with Gasteiger partial charge in [0, 0.05) is 13.0 Å². The van der Waals surface area contributed by atoms with E-state index < -0.39 is 5.97 Å². The number of carboxylic acid groups (broad SMARTS) is 1. The van der Waals surface area contributed by atoms with Crippen molar-refractivity contribution in [1.82, 2.24) is 10.6 Å². The SMILES string of the molecule is CC(C)C[C@H](CNC(=O)NC(C)c1ccsc1)CC(=O)O. The van der Waals surface area contributed by atoms with Crippen LogP contribution in [0.3, 0.4) is 0 Å². The average molecular weight is 312 g/mol. The molecule has 0 fully saturated rings. The highest BCUT2D eigenvalue weighted by Crippen LogP contribution is 2.16. The van der Waals surface area contributed by atoms with Crippen LogP contribution in [-0.2, 0) is 4.79 Å². The number of carbonyl (C=O) groups is 2. The normalized spacial score (nSPS) is 13.7. The molecule has 0 aromatic carbocycles. The van der Waals surface area contributed by atoms with Gasteiger partial charge in [-0.25, -0.2) is 4.79 Å². The maximum absolute atomic E-state index is 11.9. The Morgan fingerprint density at radius 3 is 2.57 bits per heavy atom. The fourth-order valence-electron chi connectivity index (χ4n) is 2.24. The summed E-state index contributed by atoms with van der Waals surface area (Å²) in [6, 6.07) is 1.66. The van der Waals surface area contributed by atoms with E-state index >= 15 is 0 Å². The highest BCUT2D eigenvalue weighted by Gasteiger charge is 2.17. The molecule has 0 spiro atoms. The van der Waals surface area contributed by atoms with Gasteiger partial charge >= 0.3 is 12.0 Å². The lowest BCUT2D eigenvalue weighted by Gasteiger charge is -2.19. The zero-order valence-corrected chi connectivity index (χ0v) is 13.6. The van der Waals surface area contributed by atoms with Crippen LogP contribution < -0.4 is 10.6 Å². The number of carboxylic acids is 1. The molecule has 118 valence electrons. The zero-order valence-electron chi connectivity index (χ0n) is 12.8. The highest BCUT2D eigenvalue weighted by molar-refractivity contribution is 7.07. The molecule has 2 amide bonds. The molecule has 1 heterocycles. The van der Waals surface area contributed by atoms with Crippen molar-refractivity contribution in [3.05, 3.63) is 22.4 Å². The smallest absolute Gasteiger partial charge is 0.315 e. The van der Waals surface area contributed by atoms with E-state index in [0.29, 0.717) is 12.5 Å². The van der Waals surface area contributed by atoms with E-state index in [4.69, 9.17) is 5.11 Å². The third-order valence-electron chi connectivity index (χ3n) is 3.21. The summed E-state index contributed by atoms with van der Waals surface area (Å²) < 4.78 is 0. The van der Waals surface area contributed by atoms with E-state index in [1.54, 1.807) is 11.3 Å². The van der Waals surface area contributed by atoms with Crippen LogP contribution in [0.2, 0.25) is 0 Å².